The summed E-state index contributed by atoms with van der Waals surface area (Å²) in [5.74, 6) is -0.471. The topological polar surface area (TPSA) is 55.0 Å². The van der Waals surface area contributed by atoms with Gasteiger partial charge < -0.3 is 9.72 Å². The number of aromatic nitrogens is 2. The lowest BCUT2D eigenvalue weighted by molar-refractivity contribution is 0.0521. The fourth-order valence-electron chi connectivity index (χ4n) is 1.36. The van der Waals surface area contributed by atoms with E-state index >= 15 is 0 Å². The summed E-state index contributed by atoms with van der Waals surface area (Å²) in [6.45, 7) is 2.05. The quantitative estimate of drug-likeness (QED) is 0.685. The molecule has 0 spiro atoms. The number of halogens is 2. The summed E-state index contributed by atoms with van der Waals surface area (Å²) < 4.78 is 5.54. The Morgan fingerprint density at radius 1 is 1.62 bits per heavy atom. The zero-order valence-corrected chi connectivity index (χ0v) is 10.7. The van der Waals surface area contributed by atoms with Gasteiger partial charge in [-0.15, -0.1) is 0 Å². The van der Waals surface area contributed by atoms with Crippen LogP contribution in [0.2, 0.25) is 5.02 Å². The molecule has 0 aliphatic rings. The first kappa shape index (κ1) is 11.4. The molecule has 0 aromatic carbocycles. The highest BCUT2D eigenvalue weighted by Crippen LogP contribution is 2.27. The minimum Gasteiger partial charge on any atom is -0.461 e. The number of carbonyl (C=O) groups is 1. The summed E-state index contributed by atoms with van der Waals surface area (Å²) in [6, 6.07) is 3.56. The number of hydrogen-bond donors (Lipinski definition) is 1. The Morgan fingerprint density at radius 3 is 3.06 bits per heavy atom. The molecular weight excluding hydrogens is 295 g/mol. The van der Waals surface area contributed by atoms with Gasteiger partial charge in [-0.2, -0.15) is 0 Å². The SMILES string of the molecule is CCOC(=O)c1[nH]c2ccc(Br)nc2c1Cl. The fraction of sp³-hybridized carbons (Fsp3) is 0.200. The van der Waals surface area contributed by atoms with Gasteiger partial charge in [0.1, 0.15) is 15.8 Å². The first-order valence-electron chi connectivity index (χ1n) is 4.64. The number of esters is 1. The second kappa shape index (κ2) is 4.43. The van der Waals surface area contributed by atoms with Crippen LogP contribution in [-0.4, -0.2) is 22.5 Å². The van der Waals surface area contributed by atoms with E-state index in [9.17, 15) is 4.79 Å². The number of nitrogens with one attached hydrogen (secondary N) is 1. The highest BCUT2D eigenvalue weighted by Gasteiger charge is 2.18. The smallest absolute Gasteiger partial charge is 0.356 e. The molecule has 0 saturated heterocycles. The van der Waals surface area contributed by atoms with Crippen molar-refractivity contribution < 1.29 is 9.53 Å². The van der Waals surface area contributed by atoms with Crippen molar-refractivity contribution in [2.75, 3.05) is 6.61 Å². The van der Waals surface area contributed by atoms with Gasteiger partial charge in [0.15, 0.2) is 0 Å². The molecule has 4 nitrogen and oxygen atoms in total. The van der Waals surface area contributed by atoms with E-state index in [4.69, 9.17) is 16.3 Å². The van der Waals surface area contributed by atoms with Crippen LogP contribution < -0.4 is 0 Å². The Morgan fingerprint density at radius 2 is 2.38 bits per heavy atom. The molecule has 0 unspecified atom stereocenters. The van der Waals surface area contributed by atoms with Crippen molar-refractivity contribution in [1.29, 1.82) is 0 Å². The van der Waals surface area contributed by atoms with Crippen molar-refractivity contribution >= 4 is 44.5 Å². The molecule has 0 saturated carbocycles. The molecule has 0 bridgehead atoms. The van der Waals surface area contributed by atoms with E-state index in [1.807, 2.05) is 0 Å². The van der Waals surface area contributed by atoms with Gasteiger partial charge in [-0.05, 0) is 35.0 Å². The predicted octanol–water partition coefficient (Wildman–Crippen LogP) is 3.16. The van der Waals surface area contributed by atoms with Crippen molar-refractivity contribution in [2.24, 2.45) is 0 Å². The molecule has 0 aliphatic carbocycles. The average molecular weight is 304 g/mol. The summed E-state index contributed by atoms with van der Waals surface area (Å²) in [6.07, 6.45) is 0. The zero-order valence-electron chi connectivity index (χ0n) is 8.38. The van der Waals surface area contributed by atoms with Gasteiger partial charge in [-0.3, -0.25) is 0 Å². The van der Waals surface area contributed by atoms with E-state index in [0.717, 1.165) is 0 Å². The molecule has 0 aliphatic heterocycles. The second-order valence-electron chi connectivity index (χ2n) is 3.06. The van der Waals surface area contributed by atoms with Gasteiger partial charge in [-0.1, -0.05) is 11.6 Å². The van der Waals surface area contributed by atoms with Crippen LogP contribution in [-0.2, 0) is 4.74 Å². The summed E-state index contributed by atoms with van der Waals surface area (Å²) in [5, 5.41) is 0.287. The molecule has 2 aromatic rings. The van der Waals surface area contributed by atoms with Crippen molar-refractivity contribution in [1.82, 2.24) is 9.97 Å². The van der Waals surface area contributed by atoms with Crippen LogP contribution in [0, 0.1) is 0 Å². The van der Waals surface area contributed by atoms with Crippen LogP contribution in [0.1, 0.15) is 17.4 Å². The van der Waals surface area contributed by atoms with Gasteiger partial charge in [0.25, 0.3) is 0 Å². The minimum absolute atomic E-state index is 0.240. The predicted molar refractivity (Wildman–Crippen MR) is 64.8 cm³/mol. The lowest BCUT2D eigenvalue weighted by Crippen LogP contribution is -2.05. The monoisotopic (exact) mass is 302 g/mol. The second-order valence-corrected chi connectivity index (χ2v) is 4.26. The lowest BCUT2D eigenvalue weighted by atomic mass is 10.3. The number of pyridine rings is 1. The number of nitrogens with zero attached hydrogens (tertiary/aromatic N) is 1. The molecule has 84 valence electrons. The Bertz CT molecular complexity index is 553. The highest BCUT2D eigenvalue weighted by molar-refractivity contribution is 9.10. The Hall–Kier alpha value is -1.07. The first-order valence-corrected chi connectivity index (χ1v) is 5.81. The molecule has 1 N–H and O–H groups in total. The molecule has 16 heavy (non-hydrogen) atoms. The third-order valence-electron chi connectivity index (χ3n) is 2.03. The van der Waals surface area contributed by atoms with Crippen LogP contribution in [0.3, 0.4) is 0 Å². The Balaban J connectivity index is 2.56. The third kappa shape index (κ3) is 1.92. The zero-order chi connectivity index (χ0) is 11.7. The van der Waals surface area contributed by atoms with Gasteiger partial charge in [0.05, 0.1) is 17.1 Å². The number of H-pyrrole nitrogens is 1. The standard InChI is InChI=1S/C10H8BrClN2O2/c1-2-16-10(15)9-7(12)8-5(13-9)3-4-6(11)14-8/h3-4,13H,2H2,1H3. The number of hydrogen-bond acceptors (Lipinski definition) is 3. The molecular formula is C10H8BrClN2O2. The van der Waals surface area contributed by atoms with E-state index in [2.05, 4.69) is 25.9 Å². The van der Waals surface area contributed by atoms with E-state index in [1.54, 1.807) is 19.1 Å². The van der Waals surface area contributed by atoms with Crippen molar-refractivity contribution in [3.05, 3.63) is 27.5 Å². The summed E-state index contributed by atoms with van der Waals surface area (Å²) in [4.78, 5) is 18.6. The molecule has 2 aromatic heterocycles. The summed E-state index contributed by atoms with van der Waals surface area (Å²) >= 11 is 9.29. The third-order valence-corrected chi connectivity index (χ3v) is 2.84. The van der Waals surface area contributed by atoms with E-state index in [-0.39, 0.29) is 10.7 Å². The van der Waals surface area contributed by atoms with E-state index in [0.29, 0.717) is 22.2 Å². The Kier molecular flexibility index (Phi) is 3.16. The maximum absolute atomic E-state index is 11.5. The molecule has 0 radical (unpaired) electrons. The van der Waals surface area contributed by atoms with Crippen LogP contribution in [0.5, 0.6) is 0 Å². The largest absolute Gasteiger partial charge is 0.461 e. The van der Waals surface area contributed by atoms with Crippen LogP contribution in [0.4, 0.5) is 0 Å². The number of rotatable bonds is 2. The maximum Gasteiger partial charge on any atom is 0.356 e. The fourth-order valence-corrected chi connectivity index (χ4v) is 1.93. The molecule has 6 heteroatoms. The Labute approximate surface area is 105 Å². The van der Waals surface area contributed by atoms with Crippen LogP contribution in [0.25, 0.3) is 11.0 Å². The van der Waals surface area contributed by atoms with Crippen molar-refractivity contribution in [2.45, 2.75) is 6.92 Å². The van der Waals surface area contributed by atoms with Crippen LogP contribution in [0.15, 0.2) is 16.7 Å². The van der Waals surface area contributed by atoms with E-state index in [1.165, 1.54) is 0 Å². The highest BCUT2D eigenvalue weighted by atomic mass is 79.9. The number of aromatic amines is 1. The molecule has 0 atom stereocenters. The van der Waals surface area contributed by atoms with Crippen molar-refractivity contribution in [3.63, 3.8) is 0 Å². The average Bonchev–Trinajstić information content (AvgIpc) is 2.57. The van der Waals surface area contributed by atoms with Gasteiger partial charge in [-0.25, -0.2) is 9.78 Å². The van der Waals surface area contributed by atoms with Gasteiger partial charge in [0.2, 0.25) is 0 Å². The number of carbonyl (C=O) groups excluding carboxylic acids is 1. The normalized spacial score (nSPS) is 10.7. The molecule has 0 amide bonds. The van der Waals surface area contributed by atoms with Crippen LogP contribution >= 0.6 is 27.5 Å². The van der Waals surface area contributed by atoms with Gasteiger partial charge >= 0.3 is 5.97 Å². The molecule has 2 rings (SSSR count). The first-order chi connectivity index (χ1) is 7.63. The number of fused-ring (bicyclic) bond motifs is 1. The van der Waals surface area contributed by atoms with E-state index < -0.39 is 5.97 Å². The number of ether oxygens (including phenoxy) is 1. The summed E-state index contributed by atoms with van der Waals surface area (Å²) in [5.41, 5.74) is 1.50. The minimum atomic E-state index is -0.471. The van der Waals surface area contributed by atoms with Crippen molar-refractivity contribution in [3.8, 4) is 0 Å². The molecule has 2 heterocycles. The maximum atomic E-state index is 11.5. The molecule has 0 fully saturated rings. The van der Waals surface area contributed by atoms with Gasteiger partial charge in [0, 0.05) is 0 Å². The lowest BCUT2D eigenvalue weighted by Gasteiger charge is -1.98. The summed E-state index contributed by atoms with van der Waals surface area (Å²) in [7, 11) is 0.